The van der Waals surface area contributed by atoms with Crippen molar-refractivity contribution in [2.75, 3.05) is 0 Å². The lowest BCUT2D eigenvalue weighted by Crippen LogP contribution is -2.57. The number of ketones is 2. The van der Waals surface area contributed by atoms with Gasteiger partial charge in [0.05, 0.1) is 0 Å². The summed E-state index contributed by atoms with van der Waals surface area (Å²) in [5.41, 5.74) is 1.85. The first-order chi connectivity index (χ1) is 14.6. The number of rotatable bonds is 0. The molecule has 0 radical (unpaired) electrons. The van der Waals surface area contributed by atoms with Crippen molar-refractivity contribution in [1.82, 2.24) is 0 Å². The van der Waals surface area contributed by atoms with E-state index in [4.69, 9.17) is 4.74 Å². The average Bonchev–Trinajstić information content (AvgIpc) is 3.59. The van der Waals surface area contributed by atoms with Gasteiger partial charge in [-0.25, -0.2) is 0 Å². The van der Waals surface area contributed by atoms with Crippen molar-refractivity contribution in [2.24, 2.45) is 52.3 Å². The van der Waals surface area contributed by atoms with Gasteiger partial charge >= 0.3 is 5.97 Å². The van der Waals surface area contributed by atoms with E-state index in [0.717, 1.165) is 48.9 Å². The molecule has 1 aliphatic heterocycles. The lowest BCUT2D eigenvalue weighted by molar-refractivity contribution is -0.177. The third kappa shape index (κ3) is 2.45. The average molecular weight is 425 g/mol. The van der Waals surface area contributed by atoms with Gasteiger partial charge in [0.1, 0.15) is 11.4 Å². The lowest BCUT2D eigenvalue weighted by atomic mass is 9.45. The fourth-order valence-electron chi connectivity index (χ4n) is 9.74. The molecule has 0 unspecified atom stereocenters. The number of Topliss-reactive ketones (excluding diaryl/α,β-unsaturated/α-hetero) is 1. The van der Waals surface area contributed by atoms with Crippen LogP contribution in [0.5, 0.6) is 0 Å². The van der Waals surface area contributed by atoms with Crippen molar-refractivity contribution in [2.45, 2.75) is 84.7 Å². The summed E-state index contributed by atoms with van der Waals surface area (Å²) in [6.07, 6.45) is 10.6. The van der Waals surface area contributed by atoms with E-state index in [1.165, 1.54) is 45.1 Å². The Morgan fingerprint density at radius 2 is 1.74 bits per heavy atom. The smallest absolute Gasteiger partial charge is 0.306 e. The number of hydrogen-bond donors (Lipinski definition) is 0. The number of fused-ring (bicyclic) bond motifs is 12. The molecule has 6 fully saturated rings. The highest BCUT2D eigenvalue weighted by Crippen LogP contribution is 2.82. The molecule has 4 nitrogen and oxygen atoms in total. The minimum absolute atomic E-state index is 0.0561. The molecule has 1 heterocycles. The molecule has 31 heavy (non-hydrogen) atoms. The molecule has 1 saturated heterocycles. The second-order valence-corrected chi connectivity index (χ2v) is 12.4. The highest BCUT2D eigenvalue weighted by molar-refractivity contribution is 5.92. The van der Waals surface area contributed by atoms with E-state index in [9.17, 15) is 14.4 Å². The molecule has 0 aromatic rings. The minimum atomic E-state index is -0.131. The van der Waals surface area contributed by atoms with Gasteiger partial charge in [-0.2, -0.15) is 0 Å². The Hall–Kier alpha value is -1.45. The molecule has 0 aromatic carbocycles. The van der Waals surface area contributed by atoms with Gasteiger partial charge in [-0.1, -0.05) is 19.4 Å². The van der Waals surface area contributed by atoms with Crippen molar-refractivity contribution >= 4 is 17.5 Å². The van der Waals surface area contributed by atoms with Crippen LogP contribution in [0.1, 0.15) is 79.1 Å². The van der Waals surface area contributed by atoms with Crippen molar-refractivity contribution < 1.29 is 19.1 Å². The van der Waals surface area contributed by atoms with Crippen LogP contribution in [-0.4, -0.2) is 23.1 Å². The maximum Gasteiger partial charge on any atom is 0.306 e. The molecule has 0 N–H and O–H groups in total. The Morgan fingerprint density at radius 1 is 1.00 bits per heavy atom. The van der Waals surface area contributed by atoms with Crippen LogP contribution in [0.25, 0.3) is 0 Å². The van der Waals surface area contributed by atoms with Crippen LogP contribution in [0, 0.1) is 52.3 Å². The first kappa shape index (κ1) is 20.2. The topological polar surface area (TPSA) is 60.4 Å². The van der Waals surface area contributed by atoms with Crippen molar-refractivity contribution in [3.05, 3.63) is 11.6 Å². The zero-order valence-corrected chi connectivity index (χ0v) is 19.4. The van der Waals surface area contributed by atoms with Crippen LogP contribution >= 0.6 is 0 Å². The first-order valence-corrected chi connectivity index (χ1v) is 12.6. The maximum absolute atomic E-state index is 12.2. The van der Waals surface area contributed by atoms with E-state index in [2.05, 4.69) is 19.9 Å². The molecular formula is C27H36O4. The number of carbonyl (C=O) groups is 3. The number of allylic oxidation sites excluding steroid dienone is 1. The Morgan fingerprint density at radius 3 is 2.42 bits per heavy atom. The third-order valence-corrected chi connectivity index (χ3v) is 10.9. The van der Waals surface area contributed by atoms with Crippen LogP contribution in [-0.2, 0) is 19.1 Å². The number of esters is 1. The molecular weight excluding hydrogens is 388 g/mol. The van der Waals surface area contributed by atoms with E-state index in [1.54, 1.807) is 0 Å². The van der Waals surface area contributed by atoms with Crippen LogP contribution in [0.2, 0.25) is 0 Å². The standard InChI is InChI=1S/C24H30O3.C3H6O/c1-22-6-3-12(25)9-17(22)13-10-14(13)20-16(22)4-7-23(2)21(20)15-11-18(15)24(23)8-5-19(26)27-24;1-3(2)4/h9,13-16,18,20-21H,3-8,10-11H2,1-2H3;1-2H3/t13-,14+,15-,16+,18+,20-,21+,22-,23+,24+;/m1./s1. The zero-order chi connectivity index (χ0) is 21.9. The highest BCUT2D eigenvalue weighted by Gasteiger charge is 2.81. The van der Waals surface area contributed by atoms with E-state index in [1.807, 2.05) is 0 Å². The molecule has 10 atom stereocenters. The quantitative estimate of drug-likeness (QED) is 0.519. The summed E-state index contributed by atoms with van der Waals surface area (Å²) in [4.78, 5) is 33.7. The molecule has 0 amide bonds. The van der Waals surface area contributed by atoms with Crippen LogP contribution in [0.3, 0.4) is 0 Å². The van der Waals surface area contributed by atoms with E-state index in [0.29, 0.717) is 24.0 Å². The lowest BCUT2D eigenvalue weighted by Gasteiger charge is -2.60. The van der Waals surface area contributed by atoms with Gasteiger partial charge in [0.2, 0.25) is 0 Å². The molecule has 1 spiro atoms. The van der Waals surface area contributed by atoms with Crippen LogP contribution < -0.4 is 0 Å². The monoisotopic (exact) mass is 424 g/mol. The summed E-state index contributed by atoms with van der Waals surface area (Å²) in [7, 11) is 0. The van der Waals surface area contributed by atoms with E-state index < -0.39 is 0 Å². The fourth-order valence-corrected chi connectivity index (χ4v) is 9.74. The van der Waals surface area contributed by atoms with Gasteiger partial charge in [0.25, 0.3) is 0 Å². The van der Waals surface area contributed by atoms with Gasteiger partial charge in [0.15, 0.2) is 5.78 Å². The predicted molar refractivity (Wildman–Crippen MR) is 116 cm³/mol. The predicted octanol–water partition coefficient (Wildman–Crippen LogP) is 4.90. The van der Waals surface area contributed by atoms with Gasteiger partial charge in [-0.3, -0.25) is 9.59 Å². The van der Waals surface area contributed by atoms with Gasteiger partial charge in [0, 0.05) is 24.2 Å². The Labute approximate surface area is 185 Å². The molecule has 0 bridgehead atoms. The first-order valence-electron chi connectivity index (χ1n) is 12.6. The molecule has 6 aliphatic carbocycles. The maximum atomic E-state index is 12.2. The van der Waals surface area contributed by atoms with Crippen molar-refractivity contribution in [3.63, 3.8) is 0 Å². The summed E-state index contributed by atoms with van der Waals surface area (Å²) in [6, 6.07) is 0. The molecule has 7 aliphatic rings. The summed E-state index contributed by atoms with van der Waals surface area (Å²) in [5, 5.41) is 0. The zero-order valence-electron chi connectivity index (χ0n) is 19.4. The number of carbonyl (C=O) groups excluding carboxylic acids is 3. The Balaban J connectivity index is 0.000000430. The Bertz CT molecular complexity index is 914. The highest BCUT2D eigenvalue weighted by atomic mass is 16.6. The minimum Gasteiger partial charge on any atom is -0.458 e. The largest absolute Gasteiger partial charge is 0.458 e. The van der Waals surface area contributed by atoms with Gasteiger partial charge in [-0.15, -0.1) is 0 Å². The van der Waals surface area contributed by atoms with Gasteiger partial charge in [-0.05, 0) is 99.4 Å². The molecule has 7 rings (SSSR count). The van der Waals surface area contributed by atoms with E-state index in [-0.39, 0.29) is 28.2 Å². The summed E-state index contributed by atoms with van der Waals surface area (Å²) in [5.74, 6) is 5.82. The molecule has 168 valence electrons. The number of hydrogen-bond acceptors (Lipinski definition) is 4. The van der Waals surface area contributed by atoms with Gasteiger partial charge < -0.3 is 9.53 Å². The molecule has 0 aromatic heterocycles. The third-order valence-electron chi connectivity index (χ3n) is 10.9. The summed E-state index contributed by atoms with van der Waals surface area (Å²) < 4.78 is 6.22. The Kier molecular flexibility index (Phi) is 3.98. The SMILES string of the molecule is CC(C)=O.C[C@]12CCC(=O)C=C1[C@@H]1C[C@@H]1[C@H]1[C@@H]3[C@@H]4C[C@@H]4[C@@]4(CCC(=O)O4)[C@@]3(C)CC[C@@H]12. The summed E-state index contributed by atoms with van der Waals surface area (Å²) in [6.45, 7) is 8.04. The van der Waals surface area contributed by atoms with E-state index >= 15 is 0 Å². The molecule has 4 heteroatoms. The van der Waals surface area contributed by atoms with Crippen LogP contribution in [0.4, 0.5) is 0 Å². The normalized spacial score (nSPS) is 54.8. The number of ether oxygens (including phenoxy) is 1. The van der Waals surface area contributed by atoms with Crippen molar-refractivity contribution in [1.29, 1.82) is 0 Å². The fraction of sp³-hybridized carbons (Fsp3) is 0.815. The molecule has 5 saturated carbocycles. The second kappa shape index (κ2) is 6.11. The summed E-state index contributed by atoms with van der Waals surface area (Å²) >= 11 is 0. The van der Waals surface area contributed by atoms with Crippen LogP contribution in [0.15, 0.2) is 11.6 Å². The second-order valence-electron chi connectivity index (χ2n) is 12.4. The van der Waals surface area contributed by atoms with Crippen molar-refractivity contribution in [3.8, 4) is 0 Å².